The van der Waals surface area contributed by atoms with E-state index in [0.29, 0.717) is 0 Å². The number of benzene rings is 5. The van der Waals surface area contributed by atoms with Gasteiger partial charge in [0.25, 0.3) is 8.24 Å². The summed E-state index contributed by atoms with van der Waals surface area (Å²) in [5, 5.41) is 4.53. The molecule has 1 aliphatic carbocycles. The van der Waals surface area contributed by atoms with Gasteiger partial charge in [-0.05, 0) is 102 Å². The van der Waals surface area contributed by atoms with Crippen molar-refractivity contribution in [3.05, 3.63) is 143 Å². The third kappa shape index (κ3) is 4.15. The fraction of sp³-hybridized carbons (Fsp3) is 0.231. The average Bonchev–Trinajstić information content (AvgIpc) is 3.47. The molecule has 0 amide bonds. The van der Waals surface area contributed by atoms with E-state index in [9.17, 15) is 0 Å². The van der Waals surface area contributed by atoms with E-state index in [2.05, 4.69) is 166 Å². The first-order valence-electron chi connectivity index (χ1n) is 15.4. The minimum Gasteiger partial charge on any atom is -0.375 e. The van der Waals surface area contributed by atoms with Crippen molar-refractivity contribution in [2.45, 2.75) is 33.0 Å². The van der Waals surface area contributed by atoms with Crippen LogP contribution in [0.1, 0.15) is 39.4 Å². The second-order valence-electron chi connectivity index (χ2n) is 12.9. The van der Waals surface area contributed by atoms with Crippen LogP contribution in [0.25, 0.3) is 11.1 Å². The van der Waals surface area contributed by atoms with Gasteiger partial charge in [0.2, 0.25) is 0 Å². The highest BCUT2D eigenvalue weighted by Crippen LogP contribution is 2.53. The molecule has 4 heteroatoms. The Balaban J connectivity index is 1.70. The monoisotopic (exact) mass is 579 g/mol. The van der Waals surface area contributed by atoms with Gasteiger partial charge in [0.05, 0.1) is 6.04 Å². The number of anilines is 1. The SMILES string of the molecule is Cc1cccc(C)c1N1C2c3ccccc3-c3cccc(c32)[Si]1(c1ccccc1CN(C)C)c1ccccc1CN(C)C. The maximum absolute atomic E-state index is 2.96. The maximum atomic E-state index is 2.96. The molecule has 1 heterocycles. The summed E-state index contributed by atoms with van der Waals surface area (Å²) in [7, 11) is 5.87. The molecule has 7 rings (SSSR count). The Labute approximate surface area is 258 Å². The summed E-state index contributed by atoms with van der Waals surface area (Å²) in [5.41, 5.74) is 12.6. The van der Waals surface area contributed by atoms with E-state index in [1.165, 1.54) is 65.8 Å². The lowest BCUT2D eigenvalue weighted by Crippen LogP contribution is -2.76. The van der Waals surface area contributed by atoms with Gasteiger partial charge in [-0.2, -0.15) is 0 Å². The molecule has 43 heavy (non-hydrogen) atoms. The van der Waals surface area contributed by atoms with Crippen LogP contribution in [0, 0.1) is 13.8 Å². The summed E-state index contributed by atoms with van der Waals surface area (Å²) in [5.74, 6) is 0. The first-order valence-corrected chi connectivity index (χ1v) is 17.3. The lowest BCUT2D eigenvalue weighted by molar-refractivity contribution is 0.403. The van der Waals surface area contributed by atoms with Crippen molar-refractivity contribution >= 4 is 29.5 Å². The third-order valence-corrected chi connectivity index (χ3v) is 14.4. The topological polar surface area (TPSA) is 9.72 Å². The third-order valence-electron chi connectivity index (χ3n) is 9.40. The van der Waals surface area contributed by atoms with Gasteiger partial charge in [-0.15, -0.1) is 0 Å². The summed E-state index contributed by atoms with van der Waals surface area (Å²) in [6, 6.07) is 42.0. The largest absolute Gasteiger partial charge is 0.375 e. The number of aryl methyl sites for hydroxylation is 2. The molecule has 216 valence electrons. The molecular formula is C39H41N3Si. The Kier molecular flexibility index (Phi) is 6.89. The average molecular weight is 580 g/mol. The zero-order valence-corrected chi connectivity index (χ0v) is 27.2. The molecule has 0 radical (unpaired) electrons. The van der Waals surface area contributed by atoms with Gasteiger partial charge in [-0.25, -0.2) is 0 Å². The van der Waals surface area contributed by atoms with Crippen LogP contribution in [-0.2, 0) is 13.1 Å². The highest BCUT2D eigenvalue weighted by Gasteiger charge is 2.60. The molecule has 5 aromatic rings. The number of fused-ring (bicyclic) bond motifs is 3. The Bertz CT molecular complexity index is 1770. The maximum Gasteiger partial charge on any atom is 0.254 e. The van der Waals surface area contributed by atoms with E-state index in [1.54, 1.807) is 0 Å². The fourth-order valence-corrected chi connectivity index (χ4v) is 13.9. The molecule has 0 spiro atoms. The number of para-hydroxylation sites is 1. The molecule has 0 saturated heterocycles. The molecule has 0 saturated carbocycles. The number of hydrogen-bond acceptors (Lipinski definition) is 3. The molecule has 0 fully saturated rings. The van der Waals surface area contributed by atoms with Crippen LogP contribution in [0.15, 0.2) is 109 Å². The van der Waals surface area contributed by atoms with Crippen LogP contribution in [0.3, 0.4) is 0 Å². The van der Waals surface area contributed by atoms with Crippen LogP contribution < -0.4 is 20.1 Å². The predicted octanol–water partition coefficient (Wildman–Crippen LogP) is 5.98. The van der Waals surface area contributed by atoms with E-state index < -0.39 is 8.24 Å². The second kappa shape index (κ2) is 10.6. The summed E-state index contributed by atoms with van der Waals surface area (Å²) in [4.78, 5) is 4.64. The lowest BCUT2D eigenvalue weighted by Gasteiger charge is -2.46. The highest BCUT2D eigenvalue weighted by atomic mass is 28.3. The summed E-state index contributed by atoms with van der Waals surface area (Å²) < 4.78 is 2.96. The van der Waals surface area contributed by atoms with Gasteiger partial charge in [-0.3, -0.25) is 0 Å². The van der Waals surface area contributed by atoms with Crippen LogP contribution in [0.5, 0.6) is 0 Å². The van der Waals surface area contributed by atoms with E-state index >= 15 is 0 Å². The predicted molar refractivity (Wildman–Crippen MR) is 184 cm³/mol. The molecule has 2 aliphatic rings. The van der Waals surface area contributed by atoms with Crippen molar-refractivity contribution in [1.29, 1.82) is 0 Å². The molecule has 0 bridgehead atoms. The van der Waals surface area contributed by atoms with E-state index in [0.717, 1.165) is 13.1 Å². The van der Waals surface area contributed by atoms with Crippen molar-refractivity contribution in [1.82, 2.24) is 9.80 Å². The Morgan fingerprint density at radius 2 is 1.05 bits per heavy atom. The summed E-state index contributed by atoms with van der Waals surface area (Å²) in [6.45, 7) is 6.42. The summed E-state index contributed by atoms with van der Waals surface area (Å²) >= 11 is 0. The van der Waals surface area contributed by atoms with E-state index in [1.807, 2.05) is 0 Å². The molecule has 1 aliphatic heterocycles. The Morgan fingerprint density at radius 1 is 0.558 bits per heavy atom. The number of hydrogen-bond donors (Lipinski definition) is 0. The van der Waals surface area contributed by atoms with Crippen LogP contribution in [0.2, 0.25) is 0 Å². The first kappa shape index (κ1) is 27.8. The number of rotatable bonds is 7. The zero-order chi connectivity index (χ0) is 29.9. The molecular weight excluding hydrogens is 539 g/mol. The highest BCUT2D eigenvalue weighted by molar-refractivity contribution is 7.15. The van der Waals surface area contributed by atoms with Crippen molar-refractivity contribution < 1.29 is 0 Å². The van der Waals surface area contributed by atoms with E-state index in [-0.39, 0.29) is 6.04 Å². The van der Waals surface area contributed by atoms with Gasteiger partial charge in [0.1, 0.15) is 0 Å². The van der Waals surface area contributed by atoms with Crippen molar-refractivity contribution in [2.24, 2.45) is 0 Å². The molecule has 1 atom stereocenters. The van der Waals surface area contributed by atoms with Gasteiger partial charge >= 0.3 is 0 Å². The summed E-state index contributed by atoms with van der Waals surface area (Å²) in [6.07, 6.45) is 0. The van der Waals surface area contributed by atoms with E-state index in [4.69, 9.17) is 0 Å². The van der Waals surface area contributed by atoms with Crippen molar-refractivity contribution in [3.63, 3.8) is 0 Å². The lowest BCUT2D eigenvalue weighted by atomic mass is 10.0. The van der Waals surface area contributed by atoms with Crippen molar-refractivity contribution in [3.8, 4) is 11.1 Å². The van der Waals surface area contributed by atoms with Gasteiger partial charge in [0.15, 0.2) is 0 Å². The van der Waals surface area contributed by atoms with Gasteiger partial charge < -0.3 is 14.4 Å². The Morgan fingerprint density at radius 3 is 1.65 bits per heavy atom. The smallest absolute Gasteiger partial charge is 0.254 e. The zero-order valence-electron chi connectivity index (χ0n) is 26.2. The minimum absolute atomic E-state index is 0.161. The molecule has 0 aromatic heterocycles. The Hall–Kier alpha value is -3.96. The molecule has 1 unspecified atom stereocenters. The van der Waals surface area contributed by atoms with Crippen LogP contribution >= 0.6 is 0 Å². The van der Waals surface area contributed by atoms with Crippen molar-refractivity contribution in [2.75, 3.05) is 32.8 Å². The normalized spacial score (nSPS) is 16.2. The van der Waals surface area contributed by atoms with Gasteiger partial charge in [0, 0.05) is 18.8 Å². The molecule has 0 N–H and O–H groups in total. The first-order chi connectivity index (χ1) is 20.8. The molecule has 5 aromatic carbocycles. The standard InChI is InChI=1S/C39H41N3Si/c1-27-15-13-16-28(2)38(27)42-39-33-20-10-9-19-31(33)32-21-14-24-36(37(32)39)43(42,34-22-11-7-17-29(34)25-40(3)4)35-23-12-8-18-30(35)26-41(5)6/h7-24,39H,25-26H2,1-6H3. The minimum atomic E-state index is -2.89. The fourth-order valence-electron chi connectivity index (χ4n) is 8.02. The van der Waals surface area contributed by atoms with Crippen LogP contribution in [0.4, 0.5) is 5.69 Å². The van der Waals surface area contributed by atoms with Crippen LogP contribution in [-0.4, -0.2) is 46.2 Å². The van der Waals surface area contributed by atoms with Gasteiger partial charge in [-0.1, -0.05) is 109 Å². The number of nitrogens with zero attached hydrogens (tertiary/aromatic N) is 3. The molecule has 3 nitrogen and oxygen atoms in total. The quantitative estimate of drug-likeness (QED) is 0.220. The second-order valence-corrected chi connectivity index (χ2v) is 16.4.